The summed E-state index contributed by atoms with van der Waals surface area (Å²) in [4.78, 5) is 4.20. The van der Waals surface area contributed by atoms with E-state index in [0.717, 1.165) is 24.1 Å². The molecule has 126 valence electrons. The molecular weight excluding hydrogens is 296 g/mol. The lowest BCUT2D eigenvalue weighted by atomic mass is 9.60. The lowest BCUT2D eigenvalue weighted by molar-refractivity contribution is 0.0940. The van der Waals surface area contributed by atoms with Crippen molar-refractivity contribution in [2.75, 3.05) is 7.11 Å². The van der Waals surface area contributed by atoms with Crippen molar-refractivity contribution in [3.8, 4) is 5.75 Å². The van der Waals surface area contributed by atoms with Crippen LogP contribution >= 0.6 is 0 Å². The van der Waals surface area contributed by atoms with Gasteiger partial charge in [-0.15, -0.1) is 0 Å². The standard InChI is InChI=1S/C21H26N2O/c1-14-12-22-11-10-16(14)13-23-21-19-5-3-4-18(19)20(21)15-6-8-17(24-2)9-7-15/h6-12,18-21,23H,3-5,13H2,1-2H3/t18?,19?,20-,21-/m1/s1. The Balaban J connectivity index is 1.50. The van der Waals surface area contributed by atoms with E-state index in [-0.39, 0.29) is 0 Å². The molecule has 0 saturated heterocycles. The number of rotatable bonds is 5. The van der Waals surface area contributed by atoms with Crippen LogP contribution in [-0.4, -0.2) is 18.1 Å². The van der Waals surface area contributed by atoms with Crippen molar-refractivity contribution in [1.82, 2.24) is 10.3 Å². The van der Waals surface area contributed by atoms with Crippen molar-refractivity contribution < 1.29 is 4.74 Å². The first-order valence-electron chi connectivity index (χ1n) is 9.05. The van der Waals surface area contributed by atoms with Gasteiger partial charge >= 0.3 is 0 Å². The van der Waals surface area contributed by atoms with E-state index in [1.54, 1.807) is 7.11 Å². The molecule has 1 heterocycles. The summed E-state index contributed by atoms with van der Waals surface area (Å²) in [5, 5.41) is 3.87. The molecule has 3 heteroatoms. The maximum absolute atomic E-state index is 5.31. The Hall–Kier alpha value is -1.87. The maximum Gasteiger partial charge on any atom is 0.118 e. The molecule has 0 aliphatic heterocycles. The Morgan fingerprint density at radius 1 is 1.12 bits per heavy atom. The van der Waals surface area contributed by atoms with Crippen LogP contribution in [0.4, 0.5) is 0 Å². The number of hydrogen-bond acceptors (Lipinski definition) is 3. The first-order valence-corrected chi connectivity index (χ1v) is 9.05. The molecule has 2 fully saturated rings. The summed E-state index contributed by atoms with van der Waals surface area (Å²) in [6, 6.07) is 11.4. The molecule has 1 N–H and O–H groups in total. The topological polar surface area (TPSA) is 34.1 Å². The molecule has 4 rings (SSSR count). The largest absolute Gasteiger partial charge is 0.497 e. The average Bonchev–Trinajstić information content (AvgIpc) is 3.01. The molecule has 0 radical (unpaired) electrons. The van der Waals surface area contributed by atoms with Gasteiger partial charge < -0.3 is 10.1 Å². The van der Waals surface area contributed by atoms with E-state index in [0.29, 0.717) is 12.0 Å². The van der Waals surface area contributed by atoms with E-state index in [9.17, 15) is 0 Å². The van der Waals surface area contributed by atoms with Crippen molar-refractivity contribution in [1.29, 1.82) is 0 Å². The van der Waals surface area contributed by atoms with Crippen molar-refractivity contribution in [2.24, 2.45) is 11.8 Å². The molecule has 4 atom stereocenters. The Kier molecular flexibility index (Phi) is 4.28. The minimum Gasteiger partial charge on any atom is -0.497 e. The van der Waals surface area contributed by atoms with Crippen LogP contribution in [0.15, 0.2) is 42.7 Å². The Morgan fingerprint density at radius 3 is 2.67 bits per heavy atom. The van der Waals surface area contributed by atoms with Crippen LogP contribution < -0.4 is 10.1 Å². The number of aromatic nitrogens is 1. The second kappa shape index (κ2) is 6.56. The van der Waals surface area contributed by atoms with E-state index >= 15 is 0 Å². The van der Waals surface area contributed by atoms with Crippen molar-refractivity contribution in [3.63, 3.8) is 0 Å². The zero-order chi connectivity index (χ0) is 16.5. The third-order valence-corrected chi connectivity index (χ3v) is 6.10. The fraction of sp³-hybridized carbons (Fsp3) is 0.476. The lowest BCUT2D eigenvalue weighted by Crippen LogP contribution is -2.54. The van der Waals surface area contributed by atoms with Crippen LogP contribution in [0.2, 0.25) is 0 Å². The predicted octanol–water partition coefficient (Wildman–Crippen LogP) is 4.07. The van der Waals surface area contributed by atoms with Crippen LogP contribution in [-0.2, 0) is 6.54 Å². The highest BCUT2D eigenvalue weighted by molar-refractivity contribution is 5.34. The Labute approximate surface area is 144 Å². The quantitative estimate of drug-likeness (QED) is 0.901. The van der Waals surface area contributed by atoms with Gasteiger partial charge in [-0.3, -0.25) is 4.98 Å². The third-order valence-electron chi connectivity index (χ3n) is 6.10. The summed E-state index contributed by atoms with van der Waals surface area (Å²) in [7, 11) is 1.73. The van der Waals surface area contributed by atoms with Crippen LogP contribution in [0.25, 0.3) is 0 Å². The molecule has 0 amide bonds. The number of fused-ring (bicyclic) bond motifs is 1. The predicted molar refractivity (Wildman–Crippen MR) is 96.2 cm³/mol. The summed E-state index contributed by atoms with van der Waals surface area (Å²) >= 11 is 0. The first kappa shape index (κ1) is 15.6. The van der Waals surface area contributed by atoms with Gasteiger partial charge in [-0.05, 0) is 66.5 Å². The van der Waals surface area contributed by atoms with Crippen molar-refractivity contribution >= 4 is 0 Å². The Morgan fingerprint density at radius 2 is 1.92 bits per heavy atom. The number of nitrogens with one attached hydrogen (secondary N) is 1. The molecule has 2 aliphatic rings. The van der Waals surface area contributed by atoms with Gasteiger partial charge in [0.25, 0.3) is 0 Å². The summed E-state index contributed by atoms with van der Waals surface area (Å²) in [6.07, 6.45) is 7.99. The second-order valence-corrected chi connectivity index (χ2v) is 7.27. The van der Waals surface area contributed by atoms with Gasteiger partial charge in [0, 0.05) is 30.9 Å². The van der Waals surface area contributed by atoms with Gasteiger partial charge in [-0.2, -0.15) is 0 Å². The van der Waals surface area contributed by atoms with E-state index in [4.69, 9.17) is 4.74 Å². The molecule has 2 unspecified atom stereocenters. The number of aryl methyl sites for hydroxylation is 1. The van der Waals surface area contributed by atoms with Gasteiger partial charge in [0.15, 0.2) is 0 Å². The Bertz CT molecular complexity index is 697. The zero-order valence-electron chi connectivity index (χ0n) is 14.5. The monoisotopic (exact) mass is 322 g/mol. The summed E-state index contributed by atoms with van der Waals surface area (Å²) in [5.41, 5.74) is 4.09. The highest BCUT2D eigenvalue weighted by Gasteiger charge is 2.52. The average molecular weight is 322 g/mol. The van der Waals surface area contributed by atoms with Gasteiger partial charge in [-0.1, -0.05) is 18.6 Å². The minimum atomic E-state index is 0.596. The maximum atomic E-state index is 5.31. The van der Waals surface area contributed by atoms with Gasteiger partial charge in [0.2, 0.25) is 0 Å². The number of methoxy groups -OCH3 is 1. The smallest absolute Gasteiger partial charge is 0.118 e. The van der Waals surface area contributed by atoms with Gasteiger partial charge in [-0.25, -0.2) is 0 Å². The number of ether oxygens (including phenoxy) is 1. The van der Waals surface area contributed by atoms with Crippen molar-refractivity contribution in [3.05, 3.63) is 59.4 Å². The van der Waals surface area contributed by atoms with Crippen molar-refractivity contribution in [2.45, 2.75) is 44.7 Å². The first-order chi connectivity index (χ1) is 11.8. The summed E-state index contributed by atoms with van der Waals surface area (Å²) < 4.78 is 5.31. The summed E-state index contributed by atoms with van der Waals surface area (Å²) in [6.45, 7) is 3.08. The van der Waals surface area contributed by atoms with Crippen LogP contribution in [0.3, 0.4) is 0 Å². The molecule has 0 spiro atoms. The molecule has 2 aliphatic carbocycles. The SMILES string of the molecule is COc1ccc([C@@H]2C3CCCC3[C@H]2NCc2ccncc2C)cc1. The number of hydrogen-bond donors (Lipinski definition) is 1. The van der Waals surface area contributed by atoms with Crippen LogP contribution in [0.5, 0.6) is 5.75 Å². The van der Waals surface area contributed by atoms with E-state index in [1.165, 1.54) is 36.0 Å². The number of pyridine rings is 1. The van der Waals surface area contributed by atoms with E-state index in [1.807, 2.05) is 12.4 Å². The molecule has 2 aromatic rings. The molecule has 1 aromatic carbocycles. The fourth-order valence-corrected chi connectivity index (χ4v) is 4.78. The van der Waals surface area contributed by atoms with Gasteiger partial charge in [0.05, 0.1) is 7.11 Å². The minimum absolute atomic E-state index is 0.596. The van der Waals surface area contributed by atoms with E-state index in [2.05, 4.69) is 47.6 Å². The molecule has 0 bridgehead atoms. The fourth-order valence-electron chi connectivity index (χ4n) is 4.78. The highest BCUT2D eigenvalue weighted by Crippen LogP contribution is 2.56. The molecule has 1 aromatic heterocycles. The summed E-state index contributed by atoms with van der Waals surface area (Å²) in [5.74, 6) is 3.29. The molecular formula is C21H26N2O. The van der Waals surface area contributed by atoms with Gasteiger partial charge in [0.1, 0.15) is 5.75 Å². The second-order valence-electron chi connectivity index (χ2n) is 7.27. The third kappa shape index (κ3) is 2.71. The molecule has 24 heavy (non-hydrogen) atoms. The lowest BCUT2D eigenvalue weighted by Gasteiger charge is -2.50. The number of benzene rings is 1. The highest BCUT2D eigenvalue weighted by atomic mass is 16.5. The number of nitrogens with zero attached hydrogens (tertiary/aromatic N) is 1. The van der Waals surface area contributed by atoms with Crippen LogP contribution in [0, 0.1) is 18.8 Å². The molecule has 2 saturated carbocycles. The molecule has 3 nitrogen and oxygen atoms in total. The normalized spacial score (nSPS) is 28.2. The zero-order valence-corrected chi connectivity index (χ0v) is 14.5. The van der Waals surface area contributed by atoms with E-state index < -0.39 is 0 Å². The van der Waals surface area contributed by atoms with Crippen LogP contribution in [0.1, 0.15) is 41.9 Å².